The number of hydrogen-bond donors (Lipinski definition) is 0. The Morgan fingerprint density at radius 3 is 1.26 bits per heavy atom. The minimum absolute atomic E-state index is 0.000173. The van der Waals surface area contributed by atoms with Gasteiger partial charge in [0.05, 0.1) is 33.8 Å². The third-order valence-corrected chi connectivity index (χ3v) is 17.5. The highest BCUT2D eigenvalue weighted by molar-refractivity contribution is 6.26. The van der Waals surface area contributed by atoms with E-state index in [1.54, 1.807) is 0 Å². The van der Waals surface area contributed by atoms with E-state index >= 15 is 0 Å². The van der Waals surface area contributed by atoms with Gasteiger partial charge in [0.15, 0.2) is 5.58 Å². The van der Waals surface area contributed by atoms with Gasteiger partial charge in [-0.15, -0.1) is 0 Å². The number of benzene rings is 11. The van der Waals surface area contributed by atoms with Crippen molar-refractivity contribution in [3.63, 3.8) is 0 Å². The van der Waals surface area contributed by atoms with Gasteiger partial charge in [-0.2, -0.15) is 5.26 Å². The number of hydrogen-bond acceptors (Lipinski definition) is 6. The van der Waals surface area contributed by atoms with E-state index in [1.807, 2.05) is 12.1 Å². The lowest BCUT2D eigenvalue weighted by molar-refractivity contribution is 0.481. The molecule has 13 aromatic rings. The molecule has 0 bridgehead atoms. The predicted molar refractivity (Wildman–Crippen MR) is 355 cm³/mol. The van der Waals surface area contributed by atoms with Crippen LogP contribution < -0.4 is 14.5 Å². The minimum Gasteiger partial charge on any atom is -0.457 e. The van der Waals surface area contributed by atoms with Gasteiger partial charge in [0.1, 0.15) is 28.2 Å². The number of nitrogens with zero attached hydrogens (tertiary/aromatic N) is 3. The van der Waals surface area contributed by atoms with Gasteiger partial charge >= 0.3 is 0 Å². The Kier molecular flexibility index (Phi) is 12.7. The summed E-state index contributed by atoms with van der Waals surface area (Å²) in [5, 5.41) is 14.5. The summed E-state index contributed by atoms with van der Waals surface area (Å²) in [4.78, 5) is 4.75. The van der Waals surface area contributed by atoms with Crippen LogP contribution in [0.25, 0.3) is 55.0 Å². The van der Waals surface area contributed by atoms with Crippen LogP contribution >= 0.6 is 0 Å². The molecule has 0 fully saturated rings. The molecule has 0 saturated heterocycles. The van der Waals surface area contributed by atoms with Crippen molar-refractivity contribution < 1.29 is 13.6 Å². The minimum atomic E-state index is -1.09. The lowest BCUT2D eigenvalue weighted by atomic mass is 9.67. The largest absolute Gasteiger partial charge is 0.457 e. The predicted octanol–water partition coefficient (Wildman–Crippen LogP) is 22.3. The van der Waals surface area contributed by atoms with Gasteiger partial charge in [-0.1, -0.05) is 196 Å². The van der Waals surface area contributed by atoms with Crippen molar-refractivity contribution in [1.29, 1.82) is 5.26 Å². The van der Waals surface area contributed by atoms with Gasteiger partial charge in [-0.25, -0.2) is 0 Å². The van der Waals surface area contributed by atoms with E-state index in [-0.39, 0.29) is 16.2 Å². The first-order chi connectivity index (χ1) is 41.5. The molecule has 420 valence electrons. The molecule has 14 rings (SSSR count). The molecule has 2 aromatic heterocycles. The molecule has 0 aliphatic heterocycles. The number of rotatable bonds is 10. The summed E-state index contributed by atoms with van der Waals surface area (Å²) in [7, 11) is 0. The second kappa shape index (κ2) is 20.3. The summed E-state index contributed by atoms with van der Waals surface area (Å²) in [6, 6.07) is 88.8. The lowest BCUT2D eigenvalue weighted by Gasteiger charge is -2.36. The maximum Gasteiger partial charge on any atom is 0.160 e. The highest BCUT2D eigenvalue weighted by Gasteiger charge is 2.51. The number of para-hydroxylation sites is 4. The molecule has 1 aliphatic carbocycles. The summed E-state index contributed by atoms with van der Waals surface area (Å²) < 4.78 is 21.7. The highest BCUT2D eigenvalue weighted by Crippen LogP contribution is 2.65. The SMILES string of the molecule is CC(C)(C)c1ccc(Oc2ccc(C3(c4ccc(C#N)cc4)c4cc(N(c5ccccc5)c5ccc(C(C)(C)C)cc5)c5c(oc6ccccc65)c4-c4c3cc(N(c3ccccc3)c3ccc(C(C)(C)C)cc3)c3oc5ccccc5c43)cc2)cc1. The molecule has 1 unspecified atom stereocenters. The van der Waals surface area contributed by atoms with Crippen molar-refractivity contribution in [2.75, 3.05) is 9.80 Å². The summed E-state index contributed by atoms with van der Waals surface area (Å²) in [6.07, 6.45) is 0. The first kappa shape index (κ1) is 53.9. The van der Waals surface area contributed by atoms with Crippen molar-refractivity contribution in [2.24, 2.45) is 0 Å². The van der Waals surface area contributed by atoms with Gasteiger partial charge in [0, 0.05) is 50.0 Å². The number of nitriles is 1. The van der Waals surface area contributed by atoms with Crippen LogP contribution in [0.2, 0.25) is 0 Å². The Morgan fingerprint density at radius 1 is 0.384 bits per heavy atom. The Morgan fingerprint density at radius 2 is 0.767 bits per heavy atom. The smallest absolute Gasteiger partial charge is 0.160 e. The molecule has 6 heteroatoms. The van der Waals surface area contributed by atoms with Crippen LogP contribution in [0.15, 0.2) is 251 Å². The van der Waals surface area contributed by atoms with Gasteiger partial charge < -0.3 is 23.4 Å². The standard InChI is InChI=1S/C80H67N3O3/c1-77(2,3)52-32-40-59(41-33-52)82(57-20-12-10-13-21-57)67-48-66-74(76-71(67)63-24-16-18-26-69(63)86-76)73-65(80(66,55-30-28-51(50-81)29-31-55)56-38-46-62(47-39-56)84-61-44-36-54(37-45-61)79(7,8)9)49-68(75-72(73)64-25-17-19-27-70(64)85-75)83(58-22-14-11-15-23-58)60-42-34-53(35-43-60)78(4,5)6/h10-49H,1-9H3. The van der Waals surface area contributed by atoms with Crippen LogP contribution in [-0.4, -0.2) is 0 Å². The van der Waals surface area contributed by atoms with Gasteiger partial charge in [0.25, 0.3) is 0 Å². The van der Waals surface area contributed by atoms with Crippen LogP contribution in [0.3, 0.4) is 0 Å². The normalized spacial score (nSPS) is 14.1. The average molecular weight is 1120 g/mol. The van der Waals surface area contributed by atoms with Crippen LogP contribution in [-0.2, 0) is 21.7 Å². The van der Waals surface area contributed by atoms with E-state index in [1.165, 1.54) is 16.7 Å². The molecule has 0 radical (unpaired) electrons. The summed E-state index contributed by atoms with van der Waals surface area (Å²) in [5.74, 6) is 1.46. The van der Waals surface area contributed by atoms with Crippen molar-refractivity contribution >= 4 is 78.0 Å². The molecule has 11 aromatic carbocycles. The van der Waals surface area contributed by atoms with E-state index in [2.05, 4.69) is 309 Å². The second-order valence-electron chi connectivity index (χ2n) is 26.0. The lowest BCUT2D eigenvalue weighted by Crippen LogP contribution is -2.29. The quantitative estimate of drug-likeness (QED) is 0.136. The zero-order valence-corrected chi connectivity index (χ0v) is 50.2. The molecule has 0 saturated carbocycles. The first-order valence-corrected chi connectivity index (χ1v) is 29.8. The van der Waals surface area contributed by atoms with E-state index in [0.717, 1.165) is 117 Å². The maximum atomic E-state index is 10.5. The Labute approximate surface area is 503 Å². The second-order valence-corrected chi connectivity index (χ2v) is 26.0. The van der Waals surface area contributed by atoms with Gasteiger partial charge in [-0.3, -0.25) is 0 Å². The van der Waals surface area contributed by atoms with Crippen molar-refractivity contribution in [1.82, 2.24) is 0 Å². The molecule has 0 N–H and O–H groups in total. The summed E-state index contributed by atoms with van der Waals surface area (Å²) in [5.41, 5.74) is 17.9. The zero-order chi connectivity index (χ0) is 59.3. The first-order valence-electron chi connectivity index (χ1n) is 29.8. The number of anilines is 6. The Balaban J connectivity index is 1.15. The maximum absolute atomic E-state index is 10.5. The molecular weight excluding hydrogens is 1050 g/mol. The summed E-state index contributed by atoms with van der Waals surface area (Å²) in [6.45, 7) is 20.2. The molecule has 0 amide bonds. The average Bonchev–Trinajstić information content (AvgIpc) is 1.50. The van der Waals surface area contributed by atoms with Crippen LogP contribution in [0.1, 0.15) is 107 Å². The van der Waals surface area contributed by atoms with Crippen LogP contribution in [0.5, 0.6) is 11.5 Å². The van der Waals surface area contributed by atoms with Crippen molar-refractivity contribution in [3.8, 4) is 28.7 Å². The van der Waals surface area contributed by atoms with E-state index in [9.17, 15) is 5.26 Å². The third-order valence-electron chi connectivity index (χ3n) is 17.5. The van der Waals surface area contributed by atoms with E-state index in [4.69, 9.17) is 13.6 Å². The van der Waals surface area contributed by atoms with Gasteiger partial charge in [-0.05, 0) is 164 Å². The fourth-order valence-corrected chi connectivity index (χ4v) is 13.1. The van der Waals surface area contributed by atoms with Gasteiger partial charge in [0.2, 0.25) is 0 Å². The molecule has 86 heavy (non-hydrogen) atoms. The number of ether oxygens (including phenoxy) is 1. The zero-order valence-electron chi connectivity index (χ0n) is 50.2. The number of furan rings is 2. The molecule has 1 atom stereocenters. The highest BCUT2D eigenvalue weighted by atomic mass is 16.5. The Hall–Kier alpha value is -10.1. The monoisotopic (exact) mass is 1120 g/mol. The van der Waals surface area contributed by atoms with Crippen molar-refractivity contribution in [3.05, 3.63) is 287 Å². The van der Waals surface area contributed by atoms with E-state index < -0.39 is 5.41 Å². The Bertz CT molecular complexity index is 4740. The molecule has 2 heterocycles. The number of fused-ring (bicyclic) bond motifs is 11. The third kappa shape index (κ3) is 8.92. The van der Waals surface area contributed by atoms with Crippen LogP contribution in [0, 0.1) is 11.3 Å². The molecular formula is C80H67N3O3. The topological polar surface area (TPSA) is 65.8 Å². The summed E-state index contributed by atoms with van der Waals surface area (Å²) >= 11 is 0. The van der Waals surface area contributed by atoms with Crippen molar-refractivity contribution in [2.45, 2.75) is 84.0 Å². The van der Waals surface area contributed by atoms with E-state index in [0.29, 0.717) is 11.3 Å². The fraction of sp³-hybridized carbons (Fsp3) is 0.163. The van der Waals surface area contributed by atoms with Crippen LogP contribution in [0.4, 0.5) is 34.1 Å². The molecule has 0 spiro atoms. The molecule has 6 nitrogen and oxygen atoms in total. The molecule has 1 aliphatic rings. The fourth-order valence-electron chi connectivity index (χ4n) is 13.1.